The fraction of sp³-hybridized carbons (Fsp3) is 0.353. The number of aryl methyl sites for hydroxylation is 1. The van der Waals surface area contributed by atoms with Gasteiger partial charge in [0.05, 0.1) is 11.5 Å². The van der Waals surface area contributed by atoms with Crippen molar-refractivity contribution >= 4 is 38.4 Å². The third-order valence-electron chi connectivity index (χ3n) is 3.85. The first-order chi connectivity index (χ1) is 12.6. The van der Waals surface area contributed by atoms with E-state index >= 15 is 0 Å². The Kier molecular flexibility index (Phi) is 6.34. The molecular formula is C17H21N3O5S2. The summed E-state index contributed by atoms with van der Waals surface area (Å²) in [6.45, 7) is 5.35. The maximum Gasteiger partial charge on any atom is 0.357 e. The molecule has 1 aromatic heterocycles. The van der Waals surface area contributed by atoms with Crippen LogP contribution in [0.1, 0.15) is 38.9 Å². The van der Waals surface area contributed by atoms with Crippen LogP contribution in [0.15, 0.2) is 22.4 Å². The van der Waals surface area contributed by atoms with E-state index in [0.717, 1.165) is 15.6 Å². The van der Waals surface area contributed by atoms with E-state index in [1.165, 1.54) is 25.5 Å². The number of hydrogen-bond donors (Lipinski definition) is 1. The highest BCUT2D eigenvalue weighted by Gasteiger charge is 2.23. The number of benzene rings is 1. The quantitative estimate of drug-likeness (QED) is 0.732. The molecule has 0 saturated carbocycles. The van der Waals surface area contributed by atoms with Gasteiger partial charge in [0, 0.05) is 25.0 Å². The van der Waals surface area contributed by atoms with Gasteiger partial charge in [-0.05, 0) is 44.0 Å². The average molecular weight is 412 g/mol. The number of hydrogen-bond acceptors (Lipinski definition) is 7. The van der Waals surface area contributed by atoms with Crippen LogP contribution < -0.4 is 5.32 Å². The fourth-order valence-corrected chi connectivity index (χ4v) is 4.11. The van der Waals surface area contributed by atoms with Crippen molar-refractivity contribution in [1.82, 2.24) is 9.29 Å². The predicted octanol–water partition coefficient (Wildman–Crippen LogP) is 2.44. The summed E-state index contributed by atoms with van der Waals surface area (Å²) in [6.07, 6.45) is 0. The number of carbonyl (C=O) groups excluding carboxylic acids is 2. The average Bonchev–Trinajstić information content (AvgIpc) is 3.05. The topological polar surface area (TPSA) is 106 Å². The van der Waals surface area contributed by atoms with Crippen molar-refractivity contribution < 1.29 is 22.7 Å². The number of thiazole rings is 1. The Morgan fingerprint density at radius 1 is 1.26 bits per heavy atom. The third kappa shape index (κ3) is 4.52. The number of anilines is 1. The van der Waals surface area contributed by atoms with Gasteiger partial charge in [-0.25, -0.2) is 22.5 Å². The number of rotatable bonds is 6. The molecule has 0 aliphatic heterocycles. The van der Waals surface area contributed by atoms with Crippen molar-refractivity contribution in [1.29, 1.82) is 0 Å². The predicted molar refractivity (Wildman–Crippen MR) is 103 cm³/mol. The molecule has 0 aliphatic carbocycles. The van der Waals surface area contributed by atoms with Crippen LogP contribution in [-0.2, 0) is 14.8 Å². The normalized spacial score (nSPS) is 11.5. The van der Waals surface area contributed by atoms with Crippen LogP contribution in [0.25, 0.3) is 0 Å². The molecule has 0 saturated heterocycles. The highest BCUT2D eigenvalue weighted by Crippen LogP contribution is 2.24. The van der Waals surface area contributed by atoms with Crippen molar-refractivity contribution in [3.8, 4) is 0 Å². The van der Waals surface area contributed by atoms with E-state index < -0.39 is 21.9 Å². The molecular weight excluding hydrogens is 390 g/mol. The first-order valence-corrected chi connectivity index (χ1v) is 10.4. The molecule has 27 heavy (non-hydrogen) atoms. The molecule has 0 fully saturated rings. The number of aromatic nitrogens is 1. The zero-order valence-electron chi connectivity index (χ0n) is 15.7. The summed E-state index contributed by atoms with van der Waals surface area (Å²) in [7, 11) is -0.826. The molecule has 1 N–H and O–H groups in total. The van der Waals surface area contributed by atoms with Crippen LogP contribution in [-0.4, -0.2) is 50.3 Å². The lowest BCUT2D eigenvalue weighted by Crippen LogP contribution is -2.24. The largest absolute Gasteiger partial charge is 0.461 e. The molecule has 0 atom stereocenters. The Balaban J connectivity index is 2.32. The number of nitrogens with one attached hydrogen (secondary N) is 1. The fourth-order valence-electron chi connectivity index (χ4n) is 2.22. The summed E-state index contributed by atoms with van der Waals surface area (Å²) in [4.78, 5) is 28.3. The lowest BCUT2D eigenvalue weighted by Gasteiger charge is -2.16. The van der Waals surface area contributed by atoms with Crippen molar-refractivity contribution in [2.75, 3.05) is 26.0 Å². The van der Waals surface area contributed by atoms with Crippen LogP contribution >= 0.6 is 11.3 Å². The van der Waals surface area contributed by atoms with Gasteiger partial charge >= 0.3 is 5.97 Å². The van der Waals surface area contributed by atoms with Gasteiger partial charge < -0.3 is 4.74 Å². The molecule has 146 valence electrons. The lowest BCUT2D eigenvalue weighted by molar-refractivity contribution is 0.0520. The standard InChI is InChI=1S/C17H21N3O5S2/c1-6-25-16(22)13-9-26-17(18-13)19-15(21)12-7-10(2)11(3)14(8-12)27(23,24)20(4)5/h7-9H,6H2,1-5H3,(H,18,19,21). The second-order valence-corrected chi connectivity index (χ2v) is 8.89. The van der Waals surface area contributed by atoms with E-state index in [-0.39, 0.29) is 27.9 Å². The summed E-state index contributed by atoms with van der Waals surface area (Å²) < 4.78 is 31.0. The van der Waals surface area contributed by atoms with Crippen LogP contribution in [0.2, 0.25) is 0 Å². The first kappa shape index (κ1) is 21.0. The Morgan fingerprint density at radius 3 is 2.52 bits per heavy atom. The Hall–Kier alpha value is -2.30. The minimum atomic E-state index is -3.69. The molecule has 2 rings (SSSR count). The minimum Gasteiger partial charge on any atom is -0.461 e. The first-order valence-electron chi connectivity index (χ1n) is 8.05. The highest BCUT2D eigenvalue weighted by molar-refractivity contribution is 7.89. The number of carbonyl (C=O) groups is 2. The van der Waals surface area contributed by atoms with E-state index in [9.17, 15) is 18.0 Å². The lowest BCUT2D eigenvalue weighted by atomic mass is 10.1. The molecule has 1 amide bonds. The molecule has 0 bridgehead atoms. The number of sulfonamides is 1. The number of amides is 1. The van der Waals surface area contributed by atoms with Crippen LogP contribution in [0.5, 0.6) is 0 Å². The second-order valence-electron chi connectivity index (χ2n) is 5.92. The zero-order valence-corrected chi connectivity index (χ0v) is 17.3. The van der Waals surface area contributed by atoms with Crippen molar-refractivity contribution in [3.63, 3.8) is 0 Å². The van der Waals surface area contributed by atoms with Gasteiger partial charge in [0.25, 0.3) is 5.91 Å². The molecule has 0 unspecified atom stereocenters. The van der Waals surface area contributed by atoms with Crippen molar-refractivity contribution in [2.45, 2.75) is 25.7 Å². The Labute approximate surface area is 162 Å². The smallest absolute Gasteiger partial charge is 0.357 e. The Morgan fingerprint density at radius 2 is 1.93 bits per heavy atom. The number of nitrogens with zero attached hydrogens (tertiary/aromatic N) is 2. The highest BCUT2D eigenvalue weighted by atomic mass is 32.2. The SMILES string of the molecule is CCOC(=O)c1csc(NC(=O)c2cc(C)c(C)c(S(=O)(=O)N(C)C)c2)n1. The summed E-state index contributed by atoms with van der Waals surface area (Å²) >= 11 is 1.08. The van der Waals surface area contributed by atoms with Crippen LogP contribution in [0, 0.1) is 13.8 Å². The van der Waals surface area contributed by atoms with Gasteiger partial charge in [-0.2, -0.15) is 0 Å². The van der Waals surface area contributed by atoms with Crippen LogP contribution in [0.4, 0.5) is 5.13 Å². The van der Waals surface area contributed by atoms with Gasteiger partial charge in [-0.15, -0.1) is 11.3 Å². The third-order valence-corrected chi connectivity index (χ3v) is 6.55. The molecule has 2 aromatic rings. The van der Waals surface area contributed by atoms with Gasteiger partial charge in [-0.1, -0.05) is 0 Å². The van der Waals surface area contributed by atoms with Gasteiger partial charge in [0.1, 0.15) is 0 Å². The zero-order chi connectivity index (χ0) is 20.4. The van der Waals surface area contributed by atoms with E-state index in [1.54, 1.807) is 26.8 Å². The van der Waals surface area contributed by atoms with Gasteiger partial charge in [0.15, 0.2) is 10.8 Å². The van der Waals surface area contributed by atoms with Gasteiger partial charge in [-0.3, -0.25) is 10.1 Å². The Bertz CT molecular complexity index is 980. The molecule has 8 nitrogen and oxygen atoms in total. The van der Waals surface area contributed by atoms with E-state index in [1.807, 2.05) is 0 Å². The van der Waals surface area contributed by atoms with Crippen molar-refractivity contribution in [3.05, 3.63) is 39.9 Å². The number of ether oxygens (including phenoxy) is 1. The maximum absolute atomic E-state index is 12.6. The van der Waals surface area contributed by atoms with Gasteiger partial charge in [0.2, 0.25) is 10.0 Å². The molecule has 0 spiro atoms. The molecule has 1 heterocycles. The summed E-state index contributed by atoms with van der Waals surface area (Å²) in [6, 6.07) is 2.95. The maximum atomic E-state index is 12.6. The second kappa shape index (κ2) is 8.15. The van der Waals surface area contributed by atoms with E-state index in [2.05, 4.69) is 10.3 Å². The van der Waals surface area contributed by atoms with Crippen LogP contribution in [0.3, 0.4) is 0 Å². The molecule has 0 radical (unpaired) electrons. The summed E-state index contributed by atoms with van der Waals surface area (Å²) in [5.74, 6) is -1.09. The minimum absolute atomic E-state index is 0.0731. The van der Waals surface area contributed by atoms with E-state index in [0.29, 0.717) is 11.1 Å². The summed E-state index contributed by atoms with van der Waals surface area (Å²) in [5, 5.41) is 4.29. The van der Waals surface area contributed by atoms with Crippen molar-refractivity contribution in [2.24, 2.45) is 0 Å². The molecule has 0 aliphatic rings. The van der Waals surface area contributed by atoms with E-state index in [4.69, 9.17) is 4.74 Å². The number of esters is 1. The molecule has 1 aromatic carbocycles. The summed E-state index contributed by atoms with van der Waals surface area (Å²) in [5.41, 5.74) is 1.55. The monoisotopic (exact) mass is 411 g/mol. The molecule has 10 heteroatoms.